The summed E-state index contributed by atoms with van der Waals surface area (Å²) >= 11 is 0. The number of benzene rings is 1. The Morgan fingerprint density at radius 1 is 1.45 bits per heavy atom. The molecule has 1 rings (SSSR count). The van der Waals surface area contributed by atoms with Gasteiger partial charge in [0.15, 0.2) is 11.5 Å². The fourth-order valence-corrected chi connectivity index (χ4v) is 1.70. The lowest BCUT2D eigenvalue weighted by atomic mass is 10.1. The summed E-state index contributed by atoms with van der Waals surface area (Å²) in [7, 11) is 3.34. The van der Waals surface area contributed by atoms with Gasteiger partial charge in [-0.3, -0.25) is 4.79 Å². The van der Waals surface area contributed by atoms with Crippen LogP contribution in [0.3, 0.4) is 0 Å². The molecule has 1 aromatic carbocycles. The van der Waals surface area contributed by atoms with Crippen molar-refractivity contribution in [2.75, 3.05) is 20.8 Å². The number of halogens is 1. The number of amides is 1. The molecule has 0 saturated carbocycles. The van der Waals surface area contributed by atoms with Gasteiger partial charge in [-0.25, -0.2) is 0 Å². The van der Waals surface area contributed by atoms with Crippen molar-refractivity contribution in [2.24, 2.45) is 0 Å². The SMILES string of the molecule is C=CC(=O)N(C)Cc1cccc(OC)c1OCCC.Cl. The maximum absolute atomic E-state index is 11.5. The van der Waals surface area contributed by atoms with Crippen LogP contribution < -0.4 is 9.47 Å². The zero-order chi connectivity index (χ0) is 14.3. The lowest BCUT2D eigenvalue weighted by molar-refractivity contribution is -0.125. The van der Waals surface area contributed by atoms with E-state index >= 15 is 0 Å². The first kappa shape index (κ1) is 18.3. The number of likely N-dealkylation sites (N-methyl/N-ethyl adjacent to an activating group) is 1. The van der Waals surface area contributed by atoms with E-state index in [9.17, 15) is 4.79 Å². The molecule has 0 N–H and O–H groups in total. The summed E-state index contributed by atoms with van der Waals surface area (Å²) in [6.45, 7) is 6.60. The first-order valence-electron chi connectivity index (χ1n) is 6.30. The Hall–Kier alpha value is -1.68. The Bertz CT molecular complexity index is 449. The van der Waals surface area contributed by atoms with Crippen LogP contribution in [-0.2, 0) is 11.3 Å². The molecule has 0 aromatic heterocycles. The van der Waals surface area contributed by atoms with Crippen LogP contribution >= 0.6 is 12.4 Å². The van der Waals surface area contributed by atoms with Gasteiger partial charge in [0.1, 0.15) is 0 Å². The van der Waals surface area contributed by atoms with E-state index in [1.54, 1.807) is 19.1 Å². The van der Waals surface area contributed by atoms with Crippen LogP contribution in [0.1, 0.15) is 18.9 Å². The fourth-order valence-electron chi connectivity index (χ4n) is 1.70. The minimum atomic E-state index is -0.121. The molecule has 112 valence electrons. The van der Waals surface area contributed by atoms with E-state index in [-0.39, 0.29) is 18.3 Å². The van der Waals surface area contributed by atoms with Crippen LogP contribution in [-0.4, -0.2) is 31.6 Å². The van der Waals surface area contributed by atoms with E-state index in [1.807, 2.05) is 25.1 Å². The molecule has 0 saturated heterocycles. The van der Waals surface area contributed by atoms with Crippen molar-refractivity contribution in [1.82, 2.24) is 4.90 Å². The third-order valence-electron chi connectivity index (χ3n) is 2.69. The highest BCUT2D eigenvalue weighted by Gasteiger charge is 2.13. The number of carbonyl (C=O) groups excluding carboxylic acids is 1. The van der Waals surface area contributed by atoms with Crippen LogP contribution in [0.25, 0.3) is 0 Å². The van der Waals surface area contributed by atoms with Crippen molar-refractivity contribution in [3.05, 3.63) is 36.4 Å². The van der Waals surface area contributed by atoms with Crippen molar-refractivity contribution in [3.63, 3.8) is 0 Å². The molecule has 0 unspecified atom stereocenters. The highest BCUT2D eigenvalue weighted by molar-refractivity contribution is 5.86. The van der Waals surface area contributed by atoms with Crippen molar-refractivity contribution < 1.29 is 14.3 Å². The largest absolute Gasteiger partial charge is 0.493 e. The average Bonchev–Trinajstić information content (AvgIpc) is 2.44. The van der Waals surface area contributed by atoms with E-state index in [0.717, 1.165) is 12.0 Å². The van der Waals surface area contributed by atoms with Gasteiger partial charge >= 0.3 is 0 Å². The number of para-hydroxylation sites is 1. The van der Waals surface area contributed by atoms with Gasteiger partial charge in [0.25, 0.3) is 0 Å². The third-order valence-corrected chi connectivity index (χ3v) is 2.69. The summed E-state index contributed by atoms with van der Waals surface area (Å²) < 4.78 is 11.0. The monoisotopic (exact) mass is 299 g/mol. The first-order valence-corrected chi connectivity index (χ1v) is 6.30. The molecule has 5 heteroatoms. The van der Waals surface area contributed by atoms with Gasteiger partial charge in [-0.05, 0) is 18.6 Å². The summed E-state index contributed by atoms with van der Waals surface area (Å²) in [6.07, 6.45) is 2.21. The molecule has 0 aliphatic carbocycles. The number of nitrogens with zero attached hydrogens (tertiary/aromatic N) is 1. The van der Waals surface area contributed by atoms with Crippen LogP contribution in [0.2, 0.25) is 0 Å². The molecule has 0 spiro atoms. The van der Waals surface area contributed by atoms with Gasteiger partial charge in [-0.1, -0.05) is 25.6 Å². The highest BCUT2D eigenvalue weighted by atomic mass is 35.5. The van der Waals surface area contributed by atoms with E-state index in [4.69, 9.17) is 9.47 Å². The molecule has 0 radical (unpaired) electrons. The molecule has 0 aliphatic rings. The quantitative estimate of drug-likeness (QED) is 0.726. The van der Waals surface area contributed by atoms with E-state index in [1.165, 1.54) is 6.08 Å². The summed E-state index contributed by atoms with van der Waals surface area (Å²) in [6, 6.07) is 5.67. The molecule has 4 nitrogen and oxygen atoms in total. The molecule has 0 fully saturated rings. The van der Waals surface area contributed by atoms with Crippen LogP contribution in [0, 0.1) is 0 Å². The number of methoxy groups -OCH3 is 1. The van der Waals surface area contributed by atoms with Crippen molar-refractivity contribution >= 4 is 18.3 Å². The molecule has 1 amide bonds. The van der Waals surface area contributed by atoms with Crippen LogP contribution in [0.4, 0.5) is 0 Å². The lowest BCUT2D eigenvalue weighted by Crippen LogP contribution is -2.24. The van der Waals surface area contributed by atoms with Gasteiger partial charge in [0, 0.05) is 19.2 Å². The molecule has 1 aromatic rings. The molecule has 0 heterocycles. The predicted octanol–water partition coefficient (Wildman–Crippen LogP) is 3.05. The maximum Gasteiger partial charge on any atom is 0.245 e. The molecule has 0 bridgehead atoms. The fraction of sp³-hybridized carbons (Fsp3) is 0.400. The van der Waals surface area contributed by atoms with Crippen molar-refractivity contribution in [1.29, 1.82) is 0 Å². The topological polar surface area (TPSA) is 38.8 Å². The minimum absolute atomic E-state index is 0. The Labute approximate surface area is 126 Å². The molecule has 20 heavy (non-hydrogen) atoms. The predicted molar refractivity (Wildman–Crippen MR) is 82.7 cm³/mol. The molecule has 0 atom stereocenters. The normalized spacial score (nSPS) is 9.35. The average molecular weight is 300 g/mol. The zero-order valence-corrected chi connectivity index (χ0v) is 13.0. The van der Waals surface area contributed by atoms with E-state index in [2.05, 4.69) is 6.58 Å². The van der Waals surface area contributed by atoms with Crippen molar-refractivity contribution in [2.45, 2.75) is 19.9 Å². The second-order valence-corrected chi connectivity index (χ2v) is 4.20. The highest BCUT2D eigenvalue weighted by Crippen LogP contribution is 2.31. The summed E-state index contributed by atoms with van der Waals surface area (Å²) in [4.78, 5) is 13.1. The summed E-state index contributed by atoms with van der Waals surface area (Å²) in [5.74, 6) is 1.27. The smallest absolute Gasteiger partial charge is 0.245 e. The molecular weight excluding hydrogens is 278 g/mol. The summed E-state index contributed by atoms with van der Waals surface area (Å²) in [5, 5.41) is 0. The number of rotatable bonds is 7. The second kappa shape index (κ2) is 9.26. The van der Waals surface area contributed by atoms with Gasteiger partial charge in [-0.2, -0.15) is 0 Å². The molecular formula is C15H22ClNO3. The van der Waals surface area contributed by atoms with Crippen molar-refractivity contribution in [3.8, 4) is 11.5 Å². The number of ether oxygens (including phenoxy) is 2. The number of hydrogen-bond donors (Lipinski definition) is 0. The molecule has 0 aliphatic heterocycles. The Balaban J connectivity index is 0.00000361. The number of carbonyl (C=O) groups is 1. The van der Waals surface area contributed by atoms with Crippen LogP contribution in [0.5, 0.6) is 11.5 Å². The van der Waals surface area contributed by atoms with E-state index < -0.39 is 0 Å². The second-order valence-electron chi connectivity index (χ2n) is 4.20. The van der Waals surface area contributed by atoms with Crippen LogP contribution in [0.15, 0.2) is 30.9 Å². The first-order chi connectivity index (χ1) is 9.13. The van der Waals surface area contributed by atoms with Gasteiger partial charge in [0.05, 0.1) is 13.7 Å². The summed E-state index contributed by atoms with van der Waals surface area (Å²) in [5.41, 5.74) is 0.922. The zero-order valence-electron chi connectivity index (χ0n) is 12.2. The van der Waals surface area contributed by atoms with Gasteiger partial charge in [-0.15, -0.1) is 12.4 Å². The van der Waals surface area contributed by atoms with Gasteiger partial charge in [0.2, 0.25) is 5.91 Å². The Morgan fingerprint density at radius 2 is 2.15 bits per heavy atom. The van der Waals surface area contributed by atoms with Gasteiger partial charge < -0.3 is 14.4 Å². The maximum atomic E-state index is 11.5. The third kappa shape index (κ3) is 4.78. The lowest BCUT2D eigenvalue weighted by Gasteiger charge is -2.19. The Morgan fingerprint density at radius 3 is 2.70 bits per heavy atom. The minimum Gasteiger partial charge on any atom is -0.493 e. The van der Waals surface area contributed by atoms with E-state index in [0.29, 0.717) is 24.7 Å². The standard InChI is InChI=1S/C15H21NO3.ClH/c1-5-10-19-15-12(8-7-9-13(15)18-4)11-16(3)14(17)6-2;/h6-9H,2,5,10-11H2,1,3-4H3;1H. The number of hydrogen-bond acceptors (Lipinski definition) is 3. The Kier molecular flexibility index (Phi) is 8.48.